The second kappa shape index (κ2) is 9.93. The van der Waals surface area contributed by atoms with Gasteiger partial charge in [-0.1, -0.05) is 43.1 Å². The van der Waals surface area contributed by atoms with Gasteiger partial charge in [0.1, 0.15) is 4.90 Å². The van der Waals surface area contributed by atoms with Gasteiger partial charge in [-0.2, -0.15) is 4.31 Å². The topological polar surface area (TPSA) is 70.2 Å². The third-order valence-electron chi connectivity index (χ3n) is 5.79. The number of piperazine rings is 1. The molecule has 0 bridgehead atoms. The molecule has 10 heteroatoms. The van der Waals surface area contributed by atoms with Crippen molar-refractivity contribution in [3.63, 3.8) is 0 Å². The number of hydrogen-bond donors (Lipinski definition) is 0. The van der Waals surface area contributed by atoms with E-state index in [4.69, 9.17) is 27.9 Å². The number of nitrogens with zero attached hydrogens (tertiary/aromatic N) is 3. The number of sulfonamides is 1. The molecular formula is C21H31Cl2N3O4S. The van der Waals surface area contributed by atoms with Gasteiger partial charge in [-0.3, -0.25) is 9.69 Å². The molecule has 1 aromatic rings. The van der Waals surface area contributed by atoms with Crippen molar-refractivity contribution in [3.05, 3.63) is 28.2 Å². The lowest BCUT2D eigenvalue weighted by Gasteiger charge is -2.44. The van der Waals surface area contributed by atoms with Crippen LogP contribution in [0.25, 0.3) is 0 Å². The van der Waals surface area contributed by atoms with Gasteiger partial charge in [-0.15, -0.1) is 0 Å². The second-order valence-electron chi connectivity index (χ2n) is 8.68. The summed E-state index contributed by atoms with van der Waals surface area (Å²) in [6.45, 7) is 10.6. The predicted molar refractivity (Wildman–Crippen MR) is 122 cm³/mol. The summed E-state index contributed by atoms with van der Waals surface area (Å²) < 4.78 is 33.4. The third-order valence-corrected chi connectivity index (χ3v) is 8.65. The maximum atomic E-state index is 13.4. The number of ether oxygens (including phenoxy) is 1. The van der Waals surface area contributed by atoms with Crippen molar-refractivity contribution < 1.29 is 17.9 Å². The van der Waals surface area contributed by atoms with Crippen LogP contribution in [0, 0.1) is 5.92 Å². The SMILES string of the molecule is CC1CN(C(C(=O)N2CCN(S(=O)(=O)c3c(Cl)cccc3Cl)CC2)C(C)C)CC(C)O1. The lowest BCUT2D eigenvalue weighted by molar-refractivity contribution is -0.146. The van der Waals surface area contributed by atoms with E-state index in [0.29, 0.717) is 26.2 Å². The van der Waals surface area contributed by atoms with E-state index in [1.807, 2.05) is 27.7 Å². The molecule has 3 atom stereocenters. The number of hydrogen-bond acceptors (Lipinski definition) is 5. The van der Waals surface area contributed by atoms with Crippen LogP contribution in [-0.2, 0) is 19.6 Å². The molecule has 0 spiro atoms. The zero-order valence-electron chi connectivity index (χ0n) is 18.4. The van der Waals surface area contributed by atoms with Gasteiger partial charge in [-0.05, 0) is 31.9 Å². The minimum Gasteiger partial charge on any atom is -0.373 e. The molecule has 2 saturated heterocycles. The Kier molecular flexibility index (Phi) is 7.92. The Morgan fingerprint density at radius 2 is 1.55 bits per heavy atom. The first-order chi connectivity index (χ1) is 14.5. The van der Waals surface area contributed by atoms with E-state index in [1.165, 1.54) is 16.4 Å². The largest absolute Gasteiger partial charge is 0.373 e. The number of benzene rings is 1. The molecule has 2 aliphatic rings. The molecule has 0 saturated carbocycles. The van der Waals surface area contributed by atoms with Gasteiger partial charge in [0.25, 0.3) is 0 Å². The monoisotopic (exact) mass is 491 g/mol. The molecule has 0 radical (unpaired) electrons. The van der Waals surface area contributed by atoms with Crippen LogP contribution in [-0.4, -0.2) is 85.9 Å². The second-order valence-corrected chi connectivity index (χ2v) is 11.4. The summed E-state index contributed by atoms with van der Waals surface area (Å²) in [7, 11) is -3.84. The van der Waals surface area contributed by atoms with E-state index in [2.05, 4.69) is 4.90 Å². The minimum absolute atomic E-state index is 0.0455. The number of amides is 1. The lowest BCUT2D eigenvalue weighted by Crippen LogP contribution is -2.60. The fourth-order valence-corrected chi connectivity index (χ4v) is 7.02. The van der Waals surface area contributed by atoms with E-state index < -0.39 is 10.0 Å². The summed E-state index contributed by atoms with van der Waals surface area (Å²) in [5.74, 6) is 0.179. The van der Waals surface area contributed by atoms with Crippen molar-refractivity contribution in [2.45, 2.75) is 50.8 Å². The average Bonchev–Trinajstić information content (AvgIpc) is 2.67. The number of morpholine rings is 1. The highest BCUT2D eigenvalue weighted by atomic mass is 35.5. The highest BCUT2D eigenvalue weighted by Crippen LogP contribution is 2.32. The summed E-state index contributed by atoms with van der Waals surface area (Å²) in [5, 5.41) is 0.197. The summed E-state index contributed by atoms with van der Waals surface area (Å²) in [5.41, 5.74) is 0. The highest BCUT2D eigenvalue weighted by molar-refractivity contribution is 7.89. The van der Waals surface area contributed by atoms with E-state index in [1.54, 1.807) is 11.0 Å². The molecule has 31 heavy (non-hydrogen) atoms. The van der Waals surface area contributed by atoms with Gasteiger partial charge in [-0.25, -0.2) is 8.42 Å². The van der Waals surface area contributed by atoms with Gasteiger partial charge in [0.2, 0.25) is 15.9 Å². The van der Waals surface area contributed by atoms with Crippen LogP contribution in [0.2, 0.25) is 10.0 Å². The zero-order chi connectivity index (χ0) is 22.9. The normalized spacial score (nSPS) is 25.1. The average molecular weight is 492 g/mol. The van der Waals surface area contributed by atoms with Crippen molar-refractivity contribution in [2.24, 2.45) is 5.92 Å². The Morgan fingerprint density at radius 3 is 2.03 bits per heavy atom. The Morgan fingerprint density at radius 1 is 1.03 bits per heavy atom. The molecule has 2 fully saturated rings. The van der Waals surface area contributed by atoms with Gasteiger partial charge >= 0.3 is 0 Å². The van der Waals surface area contributed by atoms with Crippen LogP contribution >= 0.6 is 23.2 Å². The van der Waals surface area contributed by atoms with E-state index >= 15 is 0 Å². The quantitative estimate of drug-likeness (QED) is 0.632. The van der Waals surface area contributed by atoms with Crippen LogP contribution in [0.1, 0.15) is 27.7 Å². The first-order valence-electron chi connectivity index (χ1n) is 10.6. The minimum atomic E-state index is -3.84. The zero-order valence-corrected chi connectivity index (χ0v) is 20.8. The molecule has 2 aliphatic heterocycles. The number of halogens is 2. The maximum absolute atomic E-state index is 13.4. The fraction of sp³-hybridized carbons (Fsp3) is 0.667. The molecule has 0 N–H and O–H groups in total. The van der Waals surface area contributed by atoms with Crippen molar-refractivity contribution >= 4 is 39.1 Å². The van der Waals surface area contributed by atoms with Gasteiger partial charge in [0.15, 0.2) is 0 Å². The number of carbonyl (C=O) groups is 1. The molecule has 1 amide bonds. The molecule has 3 rings (SSSR count). The third kappa shape index (κ3) is 5.37. The maximum Gasteiger partial charge on any atom is 0.246 e. The van der Waals surface area contributed by atoms with E-state index in [-0.39, 0.29) is 58.1 Å². The van der Waals surface area contributed by atoms with Gasteiger partial charge in [0.05, 0.1) is 28.3 Å². The fourth-order valence-electron chi connectivity index (χ4n) is 4.50. The standard InChI is InChI=1S/C21H31Cl2N3O4S/c1-14(2)19(25-12-15(3)30-16(4)13-25)21(27)24-8-10-26(11-9-24)31(28,29)20-17(22)6-5-7-18(20)23/h5-7,14-16,19H,8-13H2,1-4H3. The van der Waals surface area contributed by atoms with Crippen LogP contribution in [0.3, 0.4) is 0 Å². The predicted octanol–water partition coefficient (Wildman–Crippen LogP) is 2.96. The number of rotatable bonds is 5. The summed E-state index contributed by atoms with van der Waals surface area (Å²) in [6, 6.07) is 4.38. The summed E-state index contributed by atoms with van der Waals surface area (Å²) in [4.78, 5) is 17.3. The summed E-state index contributed by atoms with van der Waals surface area (Å²) >= 11 is 12.3. The van der Waals surface area contributed by atoms with Crippen molar-refractivity contribution in [3.8, 4) is 0 Å². The molecule has 174 valence electrons. The van der Waals surface area contributed by atoms with Crippen molar-refractivity contribution in [1.29, 1.82) is 0 Å². The smallest absolute Gasteiger partial charge is 0.246 e. The van der Waals surface area contributed by atoms with E-state index in [9.17, 15) is 13.2 Å². The number of carbonyl (C=O) groups excluding carboxylic acids is 1. The first-order valence-corrected chi connectivity index (χ1v) is 12.8. The molecule has 3 unspecified atom stereocenters. The van der Waals surface area contributed by atoms with Crippen LogP contribution in [0.5, 0.6) is 0 Å². The van der Waals surface area contributed by atoms with Gasteiger partial charge < -0.3 is 9.64 Å². The molecule has 0 aliphatic carbocycles. The van der Waals surface area contributed by atoms with Crippen molar-refractivity contribution in [2.75, 3.05) is 39.3 Å². The van der Waals surface area contributed by atoms with E-state index in [0.717, 1.165) is 0 Å². The molecule has 7 nitrogen and oxygen atoms in total. The van der Waals surface area contributed by atoms with Crippen molar-refractivity contribution in [1.82, 2.24) is 14.1 Å². The lowest BCUT2D eigenvalue weighted by atomic mass is 9.98. The Labute approximate surface area is 195 Å². The van der Waals surface area contributed by atoms with Gasteiger partial charge in [0, 0.05) is 39.3 Å². The molecule has 2 heterocycles. The molecular weight excluding hydrogens is 461 g/mol. The highest BCUT2D eigenvalue weighted by Gasteiger charge is 2.39. The van der Waals surface area contributed by atoms with Crippen LogP contribution in [0.15, 0.2) is 23.1 Å². The Hall–Kier alpha value is -0.900. The Balaban J connectivity index is 1.71. The van der Waals surface area contributed by atoms with Crippen LogP contribution in [0.4, 0.5) is 0 Å². The first kappa shape index (κ1) is 24.7. The molecule has 1 aromatic carbocycles. The van der Waals surface area contributed by atoms with Crippen LogP contribution < -0.4 is 0 Å². The summed E-state index contributed by atoms with van der Waals surface area (Å²) in [6.07, 6.45) is 0.139. The molecule has 0 aromatic heterocycles. The Bertz CT molecular complexity index is 874.